The quantitative estimate of drug-likeness (QED) is 0.589. The van der Waals surface area contributed by atoms with E-state index in [0.717, 1.165) is 0 Å². The third-order valence-corrected chi connectivity index (χ3v) is 4.63. The van der Waals surface area contributed by atoms with Crippen LogP contribution in [0.25, 0.3) is 0 Å². The maximum Gasteiger partial charge on any atom is 0.456 e. The first-order valence-electron chi connectivity index (χ1n) is 9.75. The van der Waals surface area contributed by atoms with E-state index in [1.165, 1.54) is 19.2 Å². The summed E-state index contributed by atoms with van der Waals surface area (Å²) in [5.41, 5.74) is -0.185. The van der Waals surface area contributed by atoms with Crippen molar-refractivity contribution in [3.8, 4) is 5.88 Å². The van der Waals surface area contributed by atoms with Crippen LogP contribution in [0, 0.1) is 5.41 Å². The minimum Gasteiger partial charge on any atom is -0.471 e. The number of ether oxygens (including phenoxy) is 1. The number of nitrogens with zero attached hydrogens (tertiary/aromatic N) is 1. The number of aromatic nitrogens is 1. The van der Waals surface area contributed by atoms with Gasteiger partial charge in [0.25, 0.3) is 5.91 Å². The average molecular weight is 451 g/mol. The number of hydrogen-bond acceptors (Lipinski definition) is 4. The van der Waals surface area contributed by atoms with Gasteiger partial charge in [-0.3, -0.25) is 9.59 Å². The molecule has 31 heavy (non-hydrogen) atoms. The van der Waals surface area contributed by atoms with E-state index in [-0.39, 0.29) is 17.0 Å². The summed E-state index contributed by atoms with van der Waals surface area (Å²) < 4.78 is 68.6. The molecule has 1 fully saturated rings. The van der Waals surface area contributed by atoms with Crippen molar-refractivity contribution >= 4 is 11.8 Å². The van der Waals surface area contributed by atoms with Gasteiger partial charge in [0.1, 0.15) is 11.7 Å². The van der Waals surface area contributed by atoms with Gasteiger partial charge < -0.3 is 15.4 Å². The highest BCUT2D eigenvalue weighted by atomic mass is 19.4. The Bertz CT molecular complexity index is 817. The van der Waals surface area contributed by atoms with Crippen LogP contribution < -0.4 is 15.4 Å². The van der Waals surface area contributed by atoms with Crippen LogP contribution in [-0.4, -0.2) is 48.6 Å². The monoisotopic (exact) mass is 451 g/mol. The zero-order chi connectivity index (χ0) is 23.6. The summed E-state index contributed by atoms with van der Waals surface area (Å²) >= 11 is 0. The molecule has 0 saturated heterocycles. The van der Waals surface area contributed by atoms with Crippen LogP contribution in [0.15, 0.2) is 12.1 Å². The summed E-state index contributed by atoms with van der Waals surface area (Å²) in [5, 5.41) is 4.98. The molecule has 2 N–H and O–H groups in total. The molecule has 0 spiro atoms. The second-order valence-electron chi connectivity index (χ2n) is 8.76. The van der Waals surface area contributed by atoms with Gasteiger partial charge >= 0.3 is 12.1 Å². The summed E-state index contributed by atoms with van der Waals surface area (Å²) in [6.07, 6.45) is -4.04. The third kappa shape index (κ3) is 6.76. The van der Waals surface area contributed by atoms with E-state index in [1.54, 1.807) is 0 Å². The van der Waals surface area contributed by atoms with Crippen molar-refractivity contribution in [3.63, 3.8) is 0 Å². The number of pyridine rings is 1. The van der Waals surface area contributed by atoms with Crippen LogP contribution in [0.5, 0.6) is 5.88 Å². The van der Waals surface area contributed by atoms with Gasteiger partial charge in [-0.2, -0.15) is 22.0 Å². The van der Waals surface area contributed by atoms with Gasteiger partial charge in [0.2, 0.25) is 11.8 Å². The van der Waals surface area contributed by atoms with E-state index in [4.69, 9.17) is 4.74 Å². The summed E-state index contributed by atoms with van der Waals surface area (Å²) in [7, 11) is 1.42. The average Bonchev–Trinajstić information content (AvgIpc) is 3.48. The summed E-state index contributed by atoms with van der Waals surface area (Å²) in [5.74, 6) is -6.78. The molecule has 174 valence electrons. The van der Waals surface area contributed by atoms with Crippen molar-refractivity contribution in [2.24, 2.45) is 5.41 Å². The van der Waals surface area contributed by atoms with Crippen molar-refractivity contribution in [2.45, 2.75) is 64.1 Å². The van der Waals surface area contributed by atoms with Gasteiger partial charge in [-0.25, -0.2) is 4.98 Å². The van der Waals surface area contributed by atoms with E-state index in [9.17, 15) is 31.5 Å². The third-order valence-electron chi connectivity index (χ3n) is 4.63. The molecular weight excluding hydrogens is 425 g/mol. The molecule has 0 aliphatic heterocycles. The first kappa shape index (κ1) is 24.8. The molecular formula is C20H26F5N3O3. The number of halogens is 5. The topological polar surface area (TPSA) is 80.3 Å². The number of carbonyl (C=O) groups is 2. The molecule has 1 aliphatic carbocycles. The van der Waals surface area contributed by atoms with Gasteiger partial charge in [0.05, 0.1) is 0 Å². The van der Waals surface area contributed by atoms with Crippen LogP contribution >= 0.6 is 0 Å². The maximum atomic E-state index is 13.3. The van der Waals surface area contributed by atoms with Gasteiger partial charge in [0.15, 0.2) is 6.61 Å². The zero-order valence-electron chi connectivity index (χ0n) is 17.7. The first-order valence-corrected chi connectivity index (χ1v) is 9.75. The Morgan fingerprint density at radius 2 is 1.77 bits per heavy atom. The summed E-state index contributed by atoms with van der Waals surface area (Å²) in [4.78, 5) is 28.6. The van der Waals surface area contributed by atoms with Crippen LogP contribution in [-0.2, 0) is 4.79 Å². The summed E-state index contributed by atoms with van der Waals surface area (Å²) in [6.45, 7) is 3.69. The molecule has 1 heterocycles. The lowest BCUT2D eigenvalue weighted by molar-refractivity contribution is -0.290. The second kappa shape index (κ2) is 8.96. The Kier molecular flexibility index (Phi) is 7.17. The van der Waals surface area contributed by atoms with Crippen molar-refractivity contribution < 1.29 is 36.3 Å². The Morgan fingerprint density at radius 1 is 1.16 bits per heavy atom. The van der Waals surface area contributed by atoms with Gasteiger partial charge in [0, 0.05) is 12.6 Å². The molecule has 1 atom stereocenters. The fourth-order valence-corrected chi connectivity index (χ4v) is 2.87. The molecule has 1 saturated carbocycles. The molecule has 0 unspecified atom stereocenters. The predicted molar refractivity (Wildman–Crippen MR) is 102 cm³/mol. The SMILES string of the molecule is CNC(=O)[C@H](CC(C)(C)C)NC(=O)c1ccc(C2CC2)c(OCC(F)(F)C(F)(F)F)n1. The van der Waals surface area contributed by atoms with Crippen molar-refractivity contribution in [3.05, 3.63) is 23.4 Å². The van der Waals surface area contributed by atoms with Crippen LogP contribution in [0.4, 0.5) is 22.0 Å². The van der Waals surface area contributed by atoms with Crippen molar-refractivity contribution in [1.29, 1.82) is 0 Å². The number of rotatable bonds is 8. The summed E-state index contributed by atoms with van der Waals surface area (Å²) in [6, 6.07) is 1.87. The molecule has 2 rings (SSSR count). The number of nitrogens with one attached hydrogen (secondary N) is 2. The van der Waals surface area contributed by atoms with Gasteiger partial charge in [-0.05, 0) is 36.7 Å². The molecule has 0 aromatic carbocycles. The van der Waals surface area contributed by atoms with E-state index in [0.29, 0.717) is 24.8 Å². The van der Waals surface area contributed by atoms with Gasteiger partial charge in [-0.1, -0.05) is 26.8 Å². The number of carbonyl (C=O) groups excluding carboxylic acids is 2. The molecule has 1 aromatic rings. The minimum atomic E-state index is -5.77. The number of alkyl halides is 5. The maximum absolute atomic E-state index is 13.3. The minimum absolute atomic E-state index is 0.0707. The molecule has 2 amide bonds. The smallest absolute Gasteiger partial charge is 0.456 e. The van der Waals surface area contributed by atoms with Gasteiger partial charge in [-0.15, -0.1) is 0 Å². The molecule has 0 radical (unpaired) electrons. The molecule has 11 heteroatoms. The van der Waals surface area contributed by atoms with Crippen LogP contribution in [0.2, 0.25) is 0 Å². The molecule has 0 bridgehead atoms. The Labute approximate surface area is 176 Å². The Hall–Kier alpha value is -2.46. The Balaban J connectivity index is 2.23. The van der Waals surface area contributed by atoms with Crippen molar-refractivity contribution in [1.82, 2.24) is 15.6 Å². The highest BCUT2D eigenvalue weighted by molar-refractivity contribution is 5.96. The molecule has 1 aromatic heterocycles. The normalized spacial score (nSPS) is 15.9. The first-order chi connectivity index (χ1) is 14.1. The van der Waals surface area contributed by atoms with Crippen molar-refractivity contribution in [2.75, 3.05) is 13.7 Å². The standard InChI is InChI=1S/C20H26F5N3O3/c1-18(2,3)9-14(15(29)26-4)27-16(30)13-8-7-12(11-5-6-11)17(28-13)31-10-19(21,22)20(23,24)25/h7-8,11,14H,5-6,9-10H2,1-4H3,(H,26,29)(H,27,30)/t14-/m0/s1. The second-order valence-corrected chi connectivity index (χ2v) is 8.76. The highest BCUT2D eigenvalue weighted by Gasteiger charge is 2.58. The lowest BCUT2D eigenvalue weighted by atomic mass is 9.87. The van der Waals surface area contributed by atoms with Crippen LogP contribution in [0.1, 0.15) is 62.0 Å². The fourth-order valence-electron chi connectivity index (χ4n) is 2.87. The molecule has 1 aliphatic rings. The van der Waals surface area contributed by atoms with Crippen LogP contribution in [0.3, 0.4) is 0 Å². The zero-order valence-corrected chi connectivity index (χ0v) is 17.7. The number of hydrogen-bond donors (Lipinski definition) is 2. The van der Waals surface area contributed by atoms with E-state index >= 15 is 0 Å². The van der Waals surface area contributed by atoms with E-state index < -0.39 is 42.4 Å². The number of amides is 2. The highest BCUT2D eigenvalue weighted by Crippen LogP contribution is 2.44. The molecule has 6 nitrogen and oxygen atoms in total. The lowest BCUT2D eigenvalue weighted by Crippen LogP contribution is -2.47. The number of likely N-dealkylation sites (N-methyl/N-ethyl adjacent to an activating group) is 1. The lowest BCUT2D eigenvalue weighted by Gasteiger charge is -2.25. The fraction of sp³-hybridized carbons (Fsp3) is 0.650. The predicted octanol–water partition coefficient (Wildman–Crippen LogP) is 3.82. The van der Waals surface area contributed by atoms with E-state index in [2.05, 4.69) is 15.6 Å². The Morgan fingerprint density at radius 3 is 2.26 bits per heavy atom. The largest absolute Gasteiger partial charge is 0.471 e. The van der Waals surface area contributed by atoms with E-state index in [1.807, 2.05) is 20.8 Å².